The summed E-state index contributed by atoms with van der Waals surface area (Å²) >= 11 is 0. The molecule has 3 rings (SSSR count). The molecular weight excluding hydrogens is 276 g/mol. The van der Waals surface area contributed by atoms with Crippen LogP contribution in [0.2, 0.25) is 0 Å². The second-order valence-corrected chi connectivity index (χ2v) is 6.82. The van der Waals surface area contributed by atoms with Crippen LogP contribution in [-0.4, -0.2) is 37.5 Å². The zero-order valence-corrected chi connectivity index (χ0v) is 13.6. The van der Waals surface area contributed by atoms with E-state index >= 15 is 0 Å². The minimum Gasteiger partial charge on any atom is -0.497 e. The van der Waals surface area contributed by atoms with Crippen molar-refractivity contribution in [1.82, 2.24) is 4.98 Å². The first kappa shape index (κ1) is 15.1. The molecule has 2 N–H and O–H groups in total. The molecular formula is C18H25N2O2+. The zero-order chi connectivity index (χ0) is 15.7. The van der Waals surface area contributed by atoms with Gasteiger partial charge in [-0.05, 0) is 18.6 Å². The van der Waals surface area contributed by atoms with Gasteiger partial charge in [0, 0.05) is 40.6 Å². The number of H-pyrrole nitrogens is 1. The Hall–Kier alpha value is -1.81. The summed E-state index contributed by atoms with van der Waals surface area (Å²) in [6.45, 7) is 7.38. The number of rotatable bonds is 4. The van der Waals surface area contributed by atoms with Crippen LogP contribution in [-0.2, 0) is 0 Å². The van der Waals surface area contributed by atoms with Crippen molar-refractivity contribution in [3.8, 4) is 5.75 Å². The minimum atomic E-state index is 0.229. The zero-order valence-electron chi connectivity index (χ0n) is 13.6. The van der Waals surface area contributed by atoms with E-state index in [0.29, 0.717) is 18.4 Å². The first-order valence-electron chi connectivity index (χ1n) is 8.08. The summed E-state index contributed by atoms with van der Waals surface area (Å²) < 4.78 is 5.23. The summed E-state index contributed by atoms with van der Waals surface area (Å²) in [4.78, 5) is 17.3. The second kappa shape index (κ2) is 6.13. The van der Waals surface area contributed by atoms with Gasteiger partial charge in [-0.2, -0.15) is 0 Å². The van der Waals surface area contributed by atoms with Gasteiger partial charge < -0.3 is 14.6 Å². The molecule has 1 aromatic heterocycles. The third-order valence-corrected chi connectivity index (χ3v) is 4.68. The number of quaternary nitrogens is 1. The Morgan fingerprint density at radius 2 is 2.05 bits per heavy atom. The quantitative estimate of drug-likeness (QED) is 0.848. The molecule has 2 aromatic rings. The summed E-state index contributed by atoms with van der Waals surface area (Å²) in [7, 11) is 1.65. The lowest BCUT2D eigenvalue weighted by atomic mass is 9.91. The molecule has 0 saturated carbocycles. The molecule has 1 aliphatic rings. The lowest BCUT2D eigenvalue weighted by molar-refractivity contribution is -0.903. The maximum atomic E-state index is 12.7. The van der Waals surface area contributed by atoms with E-state index in [2.05, 4.69) is 18.8 Å². The van der Waals surface area contributed by atoms with Gasteiger partial charge >= 0.3 is 0 Å². The van der Waals surface area contributed by atoms with Gasteiger partial charge in [0.05, 0.1) is 20.2 Å². The summed E-state index contributed by atoms with van der Waals surface area (Å²) in [5.74, 6) is 2.45. The predicted octanol–water partition coefficient (Wildman–Crippen LogP) is 1.92. The lowest BCUT2D eigenvalue weighted by Gasteiger charge is -2.31. The first-order valence-corrected chi connectivity index (χ1v) is 8.08. The number of hydrogen-bond acceptors (Lipinski definition) is 2. The monoisotopic (exact) mass is 301 g/mol. The summed E-state index contributed by atoms with van der Waals surface area (Å²) in [6.07, 6.45) is 3.12. The number of nitrogens with one attached hydrogen (secondary N) is 2. The summed E-state index contributed by atoms with van der Waals surface area (Å²) in [6, 6.07) is 5.81. The topological polar surface area (TPSA) is 46.5 Å². The minimum absolute atomic E-state index is 0.229. The number of Topliss-reactive ketones (excluding diaryl/α,β-unsaturated/α-hetero) is 1. The molecule has 4 nitrogen and oxygen atoms in total. The average molecular weight is 301 g/mol. The number of methoxy groups -OCH3 is 1. The van der Waals surface area contributed by atoms with Crippen molar-refractivity contribution in [3.05, 3.63) is 30.0 Å². The number of ether oxygens (including phenoxy) is 1. The molecule has 1 unspecified atom stereocenters. The van der Waals surface area contributed by atoms with Gasteiger partial charge in [0.25, 0.3) is 0 Å². The van der Waals surface area contributed by atoms with Crippen molar-refractivity contribution in [1.29, 1.82) is 0 Å². The molecule has 0 radical (unpaired) electrons. The number of aromatic nitrogens is 1. The fourth-order valence-corrected chi connectivity index (χ4v) is 3.85. The van der Waals surface area contributed by atoms with E-state index in [9.17, 15) is 4.79 Å². The van der Waals surface area contributed by atoms with E-state index in [1.807, 2.05) is 24.4 Å². The van der Waals surface area contributed by atoms with E-state index in [0.717, 1.165) is 35.3 Å². The molecule has 0 aliphatic carbocycles. The molecule has 0 spiro atoms. The predicted molar refractivity (Wildman–Crippen MR) is 87.7 cm³/mol. The highest BCUT2D eigenvalue weighted by molar-refractivity contribution is 6.08. The number of hydrogen-bond donors (Lipinski definition) is 2. The van der Waals surface area contributed by atoms with Crippen molar-refractivity contribution in [2.24, 2.45) is 11.8 Å². The molecule has 22 heavy (non-hydrogen) atoms. The van der Waals surface area contributed by atoms with E-state index in [-0.39, 0.29) is 5.78 Å². The second-order valence-electron chi connectivity index (χ2n) is 6.82. The van der Waals surface area contributed by atoms with Gasteiger partial charge in [-0.15, -0.1) is 0 Å². The molecule has 118 valence electrons. The van der Waals surface area contributed by atoms with E-state index in [4.69, 9.17) is 4.74 Å². The first-order chi connectivity index (χ1) is 10.6. The lowest BCUT2D eigenvalue weighted by Crippen LogP contribution is -3.15. The Labute approximate surface area is 131 Å². The Morgan fingerprint density at radius 3 is 2.73 bits per heavy atom. The molecule has 4 heteroatoms. The number of likely N-dealkylation sites (tertiary alicyclic amines) is 1. The maximum Gasteiger partial charge on any atom is 0.219 e. The van der Waals surface area contributed by atoms with Crippen LogP contribution in [0.25, 0.3) is 10.9 Å². The van der Waals surface area contributed by atoms with Crippen molar-refractivity contribution in [2.45, 2.75) is 20.3 Å². The average Bonchev–Trinajstić information content (AvgIpc) is 2.88. The smallest absolute Gasteiger partial charge is 0.219 e. The number of piperidine rings is 1. The Bertz CT molecular complexity index is 667. The number of benzene rings is 1. The van der Waals surface area contributed by atoms with Gasteiger partial charge in [-0.25, -0.2) is 0 Å². The van der Waals surface area contributed by atoms with Crippen LogP contribution in [0.15, 0.2) is 24.4 Å². The van der Waals surface area contributed by atoms with Crippen molar-refractivity contribution in [2.75, 3.05) is 26.7 Å². The van der Waals surface area contributed by atoms with Gasteiger partial charge in [-0.1, -0.05) is 13.8 Å². The molecule has 0 amide bonds. The van der Waals surface area contributed by atoms with Crippen molar-refractivity contribution in [3.63, 3.8) is 0 Å². The molecule has 1 aromatic carbocycles. The third kappa shape index (κ3) is 3.02. The van der Waals surface area contributed by atoms with Gasteiger partial charge in [0.15, 0.2) is 0 Å². The fourth-order valence-electron chi connectivity index (χ4n) is 3.85. The normalized spacial score (nSPS) is 25.3. The van der Waals surface area contributed by atoms with Crippen molar-refractivity contribution < 1.29 is 14.4 Å². The van der Waals surface area contributed by atoms with Crippen LogP contribution in [0, 0.1) is 11.8 Å². The number of fused-ring (bicyclic) bond motifs is 1. The van der Waals surface area contributed by atoms with E-state index in [1.54, 1.807) is 7.11 Å². The summed E-state index contributed by atoms with van der Waals surface area (Å²) in [5, 5.41) is 0.989. The van der Waals surface area contributed by atoms with Crippen LogP contribution >= 0.6 is 0 Å². The molecule has 1 aliphatic heterocycles. The number of carbonyl (C=O) groups is 1. The van der Waals surface area contributed by atoms with Crippen LogP contribution in [0.4, 0.5) is 0 Å². The van der Waals surface area contributed by atoms with E-state index < -0.39 is 0 Å². The number of ketones is 1. The SMILES string of the molecule is COc1ccc2c(C(=O)C[NH+]3C[C@H](C)C[C@H](C)C3)c[nH]c2c1. The van der Waals surface area contributed by atoms with Crippen LogP contribution in [0.3, 0.4) is 0 Å². The Morgan fingerprint density at radius 1 is 1.32 bits per heavy atom. The van der Waals surface area contributed by atoms with Gasteiger partial charge in [0.1, 0.15) is 12.3 Å². The molecule has 2 heterocycles. The highest BCUT2D eigenvalue weighted by Gasteiger charge is 2.27. The third-order valence-electron chi connectivity index (χ3n) is 4.68. The Balaban J connectivity index is 1.77. The standard InChI is InChI=1S/C18H24N2O2/c1-12-6-13(2)10-20(9-12)11-18(21)16-8-19-17-7-14(22-3)4-5-15(16)17/h4-5,7-8,12-13,19H,6,9-11H2,1-3H3/p+1/t12-,13+. The van der Waals surface area contributed by atoms with E-state index in [1.165, 1.54) is 11.3 Å². The van der Waals surface area contributed by atoms with Crippen LogP contribution in [0.5, 0.6) is 5.75 Å². The molecule has 3 atom stereocenters. The van der Waals surface area contributed by atoms with Crippen molar-refractivity contribution >= 4 is 16.7 Å². The number of aromatic amines is 1. The summed E-state index contributed by atoms with van der Waals surface area (Å²) in [5.41, 5.74) is 1.76. The largest absolute Gasteiger partial charge is 0.497 e. The Kier molecular flexibility index (Phi) is 4.21. The highest BCUT2D eigenvalue weighted by atomic mass is 16.5. The molecule has 0 bridgehead atoms. The van der Waals surface area contributed by atoms with Gasteiger partial charge in [0.2, 0.25) is 5.78 Å². The molecule has 1 fully saturated rings. The maximum absolute atomic E-state index is 12.7. The fraction of sp³-hybridized carbons (Fsp3) is 0.500. The van der Waals surface area contributed by atoms with Crippen LogP contribution in [0.1, 0.15) is 30.6 Å². The van der Waals surface area contributed by atoms with Gasteiger partial charge in [-0.3, -0.25) is 4.79 Å². The molecule has 1 saturated heterocycles. The highest BCUT2D eigenvalue weighted by Crippen LogP contribution is 2.23. The van der Waals surface area contributed by atoms with Crippen LogP contribution < -0.4 is 9.64 Å². The number of carbonyl (C=O) groups excluding carboxylic acids is 1.